The van der Waals surface area contributed by atoms with Gasteiger partial charge in [-0.15, -0.1) is 0 Å². The van der Waals surface area contributed by atoms with Gasteiger partial charge in [0.2, 0.25) is 6.10 Å². The third-order valence-electron chi connectivity index (χ3n) is 3.23. The fourth-order valence-corrected chi connectivity index (χ4v) is 2.47. The first-order valence-corrected chi connectivity index (χ1v) is 7.75. The first-order chi connectivity index (χ1) is 10.6. The van der Waals surface area contributed by atoms with Crippen LogP contribution in [0.4, 0.5) is 10.1 Å². The highest BCUT2D eigenvalue weighted by Gasteiger charge is 2.29. The molecule has 4 nitrogen and oxygen atoms in total. The van der Waals surface area contributed by atoms with Crippen LogP contribution in [0.3, 0.4) is 0 Å². The molecule has 1 aliphatic heterocycles. The summed E-state index contributed by atoms with van der Waals surface area (Å²) in [5.41, 5.74) is 1.90. The molecule has 3 rings (SSSR count). The molecule has 1 aliphatic rings. The van der Waals surface area contributed by atoms with Gasteiger partial charge in [-0.3, -0.25) is 4.79 Å². The Kier molecular flexibility index (Phi) is 4.37. The van der Waals surface area contributed by atoms with Crippen LogP contribution in [0.2, 0.25) is 0 Å². The molecule has 0 bridgehead atoms. The molecule has 0 fully saturated rings. The van der Waals surface area contributed by atoms with Crippen LogP contribution in [0.15, 0.2) is 53.7 Å². The van der Waals surface area contributed by atoms with E-state index in [1.54, 1.807) is 12.1 Å². The van der Waals surface area contributed by atoms with Crippen molar-refractivity contribution in [2.75, 3.05) is 5.32 Å². The van der Waals surface area contributed by atoms with Crippen LogP contribution < -0.4 is 5.32 Å². The van der Waals surface area contributed by atoms with E-state index in [9.17, 15) is 9.18 Å². The monoisotopic (exact) mass is 410 g/mol. The Morgan fingerprint density at radius 1 is 1.27 bits per heavy atom. The summed E-state index contributed by atoms with van der Waals surface area (Å²) in [6, 6.07) is 13.5. The number of nitrogens with one attached hydrogen (secondary N) is 1. The maximum absolute atomic E-state index is 13.2. The Labute approximate surface area is 140 Å². The minimum atomic E-state index is -0.697. The molecule has 0 spiro atoms. The second-order valence-corrected chi connectivity index (χ2v) is 6.09. The summed E-state index contributed by atoms with van der Waals surface area (Å²) in [7, 11) is 0. The van der Waals surface area contributed by atoms with E-state index in [-0.39, 0.29) is 11.7 Å². The summed E-state index contributed by atoms with van der Waals surface area (Å²) in [5, 5.41) is 6.67. The van der Waals surface area contributed by atoms with Crippen molar-refractivity contribution in [2.45, 2.75) is 12.5 Å². The molecule has 2 aromatic rings. The van der Waals surface area contributed by atoms with E-state index in [1.165, 1.54) is 12.1 Å². The van der Waals surface area contributed by atoms with Gasteiger partial charge in [0.15, 0.2) is 0 Å². The van der Waals surface area contributed by atoms with Gasteiger partial charge < -0.3 is 10.2 Å². The number of benzene rings is 2. The summed E-state index contributed by atoms with van der Waals surface area (Å²) in [6.45, 7) is 0. The lowest BCUT2D eigenvalue weighted by atomic mass is 10.0. The second kappa shape index (κ2) is 6.43. The van der Waals surface area contributed by atoms with Crippen molar-refractivity contribution in [3.8, 4) is 0 Å². The molecular formula is C16H12FIN2O2. The lowest BCUT2D eigenvalue weighted by Gasteiger charge is -2.09. The second-order valence-electron chi connectivity index (χ2n) is 4.84. The van der Waals surface area contributed by atoms with Gasteiger partial charge in [-0.05, 0) is 59.0 Å². The smallest absolute Gasteiger partial charge is 0.268 e. The van der Waals surface area contributed by atoms with Gasteiger partial charge in [-0.2, -0.15) is 0 Å². The molecule has 6 heteroatoms. The van der Waals surface area contributed by atoms with Gasteiger partial charge in [-0.25, -0.2) is 4.39 Å². The van der Waals surface area contributed by atoms with Crippen molar-refractivity contribution in [3.05, 3.63) is 63.5 Å². The highest BCUT2D eigenvalue weighted by molar-refractivity contribution is 14.1. The highest BCUT2D eigenvalue weighted by atomic mass is 127. The van der Waals surface area contributed by atoms with E-state index in [1.807, 2.05) is 24.3 Å². The van der Waals surface area contributed by atoms with Crippen molar-refractivity contribution >= 4 is 39.9 Å². The number of oxime groups is 1. The normalized spacial score (nSPS) is 16.8. The van der Waals surface area contributed by atoms with E-state index >= 15 is 0 Å². The topological polar surface area (TPSA) is 50.7 Å². The minimum Gasteiger partial charge on any atom is -0.382 e. The van der Waals surface area contributed by atoms with Crippen LogP contribution in [0.1, 0.15) is 12.0 Å². The van der Waals surface area contributed by atoms with Gasteiger partial charge in [0, 0.05) is 21.2 Å². The highest BCUT2D eigenvalue weighted by Crippen LogP contribution is 2.19. The SMILES string of the molecule is O=C(Nc1ccc(I)cc1)C1CC(c2cccc(F)c2)=NO1. The quantitative estimate of drug-likeness (QED) is 0.787. The molecule has 0 aromatic heterocycles. The average Bonchev–Trinajstić information content (AvgIpc) is 3.00. The number of rotatable bonds is 3. The van der Waals surface area contributed by atoms with E-state index < -0.39 is 6.10 Å². The van der Waals surface area contributed by atoms with Gasteiger partial charge in [0.1, 0.15) is 5.82 Å². The summed E-state index contributed by atoms with van der Waals surface area (Å²) >= 11 is 2.19. The standard InChI is InChI=1S/C16H12FIN2O2/c17-11-3-1-2-10(8-11)14-9-15(22-20-14)16(21)19-13-6-4-12(18)5-7-13/h1-8,15H,9H2,(H,19,21). The van der Waals surface area contributed by atoms with E-state index in [2.05, 4.69) is 33.1 Å². The fraction of sp³-hybridized carbons (Fsp3) is 0.125. The van der Waals surface area contributed by atoms with Crippen molar-refractivity contribution in [1.29, 1.82) is 0 Å². The average molecular weight is 410 g/mol. The van der Waals surface area contributed by atoms with E-state index in [0.717, 1.165) is 3.57 Å². The molecule has 1 N–H and O–H groups in total. The first kappa shape index (κ1) is 15.0. The molecule has 1 atom stereocenters. The van der Waals surface area contributed by atoms with Gasteiger partial charge in [-0.1, -0.05) is 17.3 Å². The molecule has 0 saturated heterocycles. The van der Waals surface area contributed by atoms with Crippen LogP contribution in [-0.2, 0) is 9.63 Å². The lowest BCUT2D eigenvalue weighted by Crippen LogP contribution is -2.28. The minimum absolute atomic E-state index is 0.267. The zero-order chi connectivity index (χ0) is 15.5. The number of hydrogen-bond donors (Lipinski definition) is 1. The van der Waals surface area contributed by atoms with Crippen LogP contribution >= 0.6 is 22.6 Å². The van der Waals surface area contributed by atoms with Gasteiger partial charge in [0.25, 0.3) is 5.91 Å². The number of carbonyl (C=O) groups is 1. The molecular weight excluding hydrogens is 398 g/mol. The molecule has 112 valence electrons. The Balaban J connectivity index is 1.64. The van der Waals surface area contributed by atoms with Crippen molar-refractivity contribution in [3.63, 3.8) is 0 Å². The zero-order valence-corrected chi connectivity index (χ0v) is 13.6. The van der Waals surface area contributed by atoms with E-state index in [4.69, 9.17) is 4.84 Å². The first-order valence-electron chi connectivity index (χ1n) is 6.67. The molecule has 1 heterocycles. The van der Waals surface area contributed by atoms with Gasteiger partial charge >= 0.3 is 0 Å². The largest absolute Gasteiger partial charge is 0.382 e. The number of nitrogens with zero attached hydrogens (tertiary/aromatic N) is 1. The number of carbonyl (C=O) groups excluding carboxylic acids is 1. The third-order valence-corrected chi connectivity index (χ3v) is 3.95. The zero-order valence-electron chi connectivity index (χ0n) is 11.4. The Morgan fingerprint density at radius 3 is 2.77 bits per heavy atom. The Bertz CT molecular complexity index is 731. The summed E-state index contributed by atoms with van der Waals surface area (Å²) < 4.78 is 14.3. The van der Waals surface area contributed by atoms with E-state index in [0.29, 0.717) is 23.4 Å². The molecule has 2 aromatic carbocycles. The van der Waals surface area contributed by atoms with Crippen LogP contribution in [0.5, 0.6) is 0 Å². The Morgan fingerprint density at radius 2 is 2.05 bits per heavy atom. The summed E-state index contributed by atoms with van der Waals surface area (Å²) in [5.74, 6) is -0.608. The molecule has 22 heavy (non-hydrogen) atoms. The van der Waals surface area contributed by atoms with Crippen LogP contribution in [0, 0.1) is 9.39 Å². The summed E-state index contributed by atoms with van der Waals surface area (Å²) in [4.78, 5) is 17.3. The van der Waals surface area contributed by atoms with Crippen molar-refractivity contribution < 1.29 is 14.0 Å². The number of amides is 1. The number of anilines is 1. The third kappa shape index (κ3) is 3.44. The fourth-order valence-electron chi connectivity index (χ4n) is 2.11. The maximum Gasteiger partial charge on any atom is 0.268 e. The van der Waals surface area contributed by atoms with Crippen molar-refractivity contribution in [1.82, 2.24) is 0 Å². The van der Waals surface area contributed by atoms with Crippen LogP contribution in [-0.4, -0.2) is 17.7 Å². The molecule has 0 aliphatic carbocycles. The predicted molar refractivity (Wildman–Crippen MR) is 90.2 cm³/mol. The molecule has 0 saturated carbocycles. The molecule has 1 unspecified atom stereocenters. The Hall–Kier alpha value is -1.96. The van der Waals surface area contributed by atoms with Gasteiger partial charge in [0.05, 0.1) is 5.71 Å². The molecule has 0 radical (unpaired) electrons. The lowest BCUT2D eigenvalue weighted by molar-refractivity contribution is -0.125. The predicted octanol–water partition coefficient (Wildman–Crippen LogP) is 3.56. The maximum atomic E-state index is 13.2. The molecule has 1 amide bonds. The number of hydrogen-bond acceptors (Lipinski definition) is 3. The van der Waals surface area contributed by atoms with Crippen molar-refractivity contribution in [2.24, 2.45) is 5.16 Å². The summed E-state index contributed by atoms with van der Waals surface area (Å²) in [6.07, 6.45) is -0.378. The number of halogens is 2. The van der Waals surface area contributed by atoms with Crippen LogP contribution in [0.25, 0.3) is 0 Å².